The van der Waals surface area contributed by atoms with Crippen molar-refractivity contribution in [3.05, 3.63) is 33.8 Å². The first-order valence-electron chi connectivity index (χ1n) is 8.07. The first kappa shape index (κ1) is 17.1. The van der Waals surface area contributed by atoms with Gasteiger partial charge in [-0.25, -0.2) is 0 Å². The van der Waals surface area contributed by atoms with Gasteiger partial charge in [0.1, 0.15) is 0 Å². The van der Waals surface area contributed by atoms with E-state index in [9.17, 15) is 0 Å². The fourth-order valence-electron chi connectivity index (χ4n) is 3.27. The molecular weight excluding hydrogens is 301 g/mol. The number of nitrogens with one attached hydrogen (secondary N) is 1. The summed E-state index contributed by atoms with van der Waals surface area (Å²) in [5.41, 5.74) is 1.40. The van der Waals surface area contributed by atoms with E-state index in [0.29, 0.717) is 11.8 Å². The average Bonchev–Trinajstić information content (AvgIpc) is 2.63. The van der Waals surface area contributed by atoms with Crippen molar-refractivity contribution >= 4 is 23.2 Å². The molecule has 0 aromatic heterocycles. The van der Waals surface area contributed by atoms with E-state index in [4.69, 9.17) is 23.2 Å². The highest BCUT2D eigenvalue weighted by Gasteiger charge is 2.27. The third kappa shape index (κ3) is 5.16. The predicted molar refractivity (Wildman–Crippen MR) is 93.5 cm³/mol. The van der Waals surface area contributed by atoms with E-state index in [2.05, 4.69) is 32.2 Å². The Morgan fingerprint density at radius 1 is 1.10 bits per heavy atom. The van der Waals surface area contributed by atoms with Crippen molar-refractivity contribution in [2.24, 2.45) is 5.92 Å². The molecule has 0 amide bonds. The molecule has 118 valence electrons. The molecule has 1 aliphatic rings. The number of rotatable bonds is 3. The molecule has 1 saturated carbocycles. The van der Waals surface area contributed by atoms with E-state index in [1.165, 1.54) is 37.7 Å². The molecule has 2 atom stereocenters. The molecule has 1 aromatic carbocycles. The zero-order valence-corrected chi connectivity index (χ0v) is 14.9. The zero-order valence-electron chi connectivity index (χ0n) is 13.4. The van der Waals surface area contributed by atoms with E-state index in [1.807, 2.05) is 12.1 Å². The highest BCUT2D eigenvalue weighted by molar-refractivity contribution is 6.33. The fraction of sp³-hybridized carbons (Fsp3) is 0.667. The summed E-state index contributed by atoms with van der Waals surface area (Å²) in [7, 11) is 0. The van der Waals surface area contributed by atoms with Gasteiger partial charge in [-0.1, -0.05) is 42.5 Å². The van der Waals surface area contributed by atoms with Gasteiger partial charge in [0.15, 0.2) is 0 Å². The summed E-state index contributed by atoms with van der Waals surface area (Å²) in [5, 5.41) is 5.34. The van der Waals surface area contributed by atoms with Gasteiger partial charge in [0.25, 0.3) is 0 Å². The van der Waals surface area contributed by atoms with Gasteiger partial charge in [-0.05, 0) is 75.8 Å². The van der Waals surface area contributed by atoms with Crippen LogP contribution >= 0.6 is 23.2 Å². The van der Waals surface area contributed by atoms with Crippen molar-refractivity contribution in [2.45, 2.75) is 64.3 Å². The molecule has 1 aromatic rings. The summed E-state index contributed by atoms with van der Waals surface area (Å²) in [5.74, 6) is 1.16. The Balaban J connectivity index is 2.20. The van der Waals surface area contributed by atoms with Crippen molar-refractivity contribution in [1.29, 1.82) is 0 Å². The first-order chi connectivity index (χ1) is 9.87. The third-order valence-corrected chi connectivity index (χ3v) is 4.99. The van der Waals surface area contributed by atoms with Crippen molar-refractivity contribution in [3.63, 3.8) is 0 Å². The Kier molecular flexibility index (Phi) is 5.99. The predicted octanol–water partition coefficient (Wildman–Crippen LogP) is 6.05. The van der Waals surface area contributed by atoms with Crippen LogP contribution in [0.3, 0.4) is 0 Å². The van der Waals surface area contributed by atoms with Gasteiger partial charge < -0.3 is 5.32 Å². The Morgan fingerprint density at radius 2 is 1.81 bits per heavy atom. The molecule has 0 bridgehead atoms. The van der Waals surface area contributed by atoms with Crippen LogP contribution in [0.4, 0.5) is 0 Å². The third-order valence-electron chi connectivity index (χ3n) is 4.41. The summed E-state index contributed by atoms with van der Waals surface area (Å²) < 4.78 is 0. The zero-order chi connectivity index (χ0) is 15.5. The highest BCUT2D eigenvalue weighted by Crippen LogP contribution is 2.40. The van der Waals surface area contributed by atoms with Crippen LogP contribution in [0.5, 0.6) is 0 Å². The van der Waals surface area contributed by atoms with Gasteiger partial charge in [0.05, 0.1) is 0 Å². The van der Waals surface area contributed by atoms with Crippen molar-refractivity contribution in [1.82, 2.24) is 5.32 Å². The number of halogens is 2. The quantitative estimate of drug-likeness (QED) is 0.666. The molecular formula is C18H27Cl2N. The summed E-state index contributed by atoms with van der Waals surface area (Å²) >= 11 is 12.7. The molecule has 1 fully saturated rings. The van der Waals surface area contributed by atoms with Crippen LogP contribution in [0.1, 0.15) is 64.4 Å². The van der Waals surface area contributed by atoms with Crippen molar-refractivity contribution in [3.8, 4) is 0 Å². The fourth-order valence-corrected chi connectivity index (χ4v) is 3.71. The molecule has 0 heterocycles. The lowest BCUT2D eigenvalue weighted by molar-refractivity contribution is 0.322. The minimum atomic E-state index is 0.162. The summed E-state index contributed by atoms with van der Waals surface area (Å²) in [4.78, 5) is 0. The largest absolute Gasteiger partial charge is 0.312 e. The summed E-state index contributed by atoms with van der Waals surface area (Å²) in [6.07, 6.45) is 6.44. The Bertz CT molecular complexity index is 465. The standard InChI is InChI=1S/C18H27Cl2N/c1-18(2,3)21-12-13-7-5-4-6-8-15(13)16-11-14(19)9-10-17(16)20/h9-11,13,15,21H,4-8,12H2,1-3H3. The van der Waals surface area contributed by atoms with Gasteiger partial charge in [-0.15, -0.1) is 0 Å². The van der Waals surface area contributed by atoms with Gasteiger partial charge in [-0.3, -0.25) is 0 Å². The molecule has 0 spiro atoms. The SMILES string of the molecule is CC(C)(C)NCC1CCCCCC1c1cc(Cl)ccc1Cl. The number of benzene rings is 1. The topological polar surface area (TPSA) is 12.0 Å². The van der Waals surface area contributed by atoms with Gasteiger partial charge >= 0.3 is 0 Å². The molecule has 1 nitrogen and oxygen atoms in total. The number of hydrogen-bond donors (Lipinski definition) is 1. The molecule has 21 heavy (non-hydrogen) atoms. The van der Waals surface area contributed by atoms with Crippen LogP contribution in [0.15, 0.2) is 18.2 Å². The Morgan fingerprint density at radius 3 is 2.52 bits per heavy atom. The molecule has 0 radical (unpaired) electrons. The summed E-state index contributed by atoms with van der Waals surface area (Å²) in [6.45, 7) is 7.73. The van der Waals surface area contributed by atoms with Crippen LogP contribution in [0.25, 0.3) is 0 Å². The van der Waals surface area contributed by atoms with Gasteiger partial charge in [0.2, 0.25) is 0 Å². The molecule has 2 rings (SSSR count). The van der Waals surface area contributed by atoms with E-state index in [-0.39, 0.29) is 5.54 Å². The van der Waals surface area contributed by atoms with Crippen LogP contribution in [0, 0.1) is 5.92 Å². The smallest absolute Gasteiger partial charge is 0.0441 e. The van der Waals surface area contributed by atoms with E-state index in [1.54, 1.807) is 0 Å². The molecule has 1 N–H and O–H groups in total. The summed E-state index contributed by atoms with van der Waals surface area (Å²) in [6, 6.07) is 5.90. The maximum atomic E-state index is 6.46. The van der Waals surface area contributed by atoms with Gasteiger partial charge in [0, 0.05) is 15.6 Å². The Hall–Kier alpha value is -0.240. The molecule has 0 aliphatic heterocycles. The second kappa shape index (κ2) is 7.35. The maximum absolute atomic E-state index is 6.46. The lowest BCUT2D eigenvalue weighted by Crippen LogP contribution is -2.40. The maximum Gasteiger partial charge on any atom is 0.0441 e. The van der Waals surface area contributed by atoms with Crippen LogP contribution in [-0.2, 0) is 0 Å². The molecule has 3 heteroatoms. The van der Waals surface area contributed by atoms with Gasteiger partial charge in [-0.2, -0.15) is 0 Å². The molecule has 1 aliphatic carbocycles. The van der Waals surface area contributed by atoms with Crippen molar-refractivity contribution < 1.29 is 0 Å². The van der Waals surface area contributed by atoms with Crippen LogP contribution < -0.4 is 5.32 Å². The highest BCUT2D eigenvalue weighted by atomic mass is 35.5. The van der Waals surface area contributed by atoms with E-state index in [0.717, 1.165) is 16.6 Å². The van der Waals surface area contributed by atoms with E-state index < -0.39 is 0 Å². The number of hydrogen-bond acceptors (Lipinski definition) is 1. The second-order valence-electron chi connectivity index (χ2n) is 7.30. The van der Waals surface area contributed by atoms with Crippen LogP contribution in [-0.4, -0.2) is 12.1 Å². The molecule has 2 unspecified atom stereocenters. The second-order valence-corrected chi connectivity index (χ2v) is 8.14. The van der Waals surface area contributed by atoms with E-state index >= 15 is 0 Å². The average molecular weight is 328 g/mol. The normalized spacial score (nSPS) is 23.9. The minimum Gasteiger partial charge on any atom is -0.312 e. The first-order valence-corrected chi connectivity index (χ1v) is 8.82. The lowest BCUT2D eigenvalue weighted by atomic mass is 9.82. The Labute approximate surface area is 139 Å². The lowest BCUT2D eigenvalue weighted by Gasteiger charge is -2.30. The minimum absolute atomic E-state index is 0.162. The van der Waals surface area contributed by atoms with Crippen LogP contribution in [0.2, 0.25) is 10.0 Å². The van der Waals surface area contributed by atoms with Crippen molar-refractivity contribution in [2.75, 3.05) is 6.54 Å². The molecule has 0 saturated heterocycles. The monoisotopic (exact) mass is 327 g/mol.